The lowest BCUT2D eigenvalue weighted by Crippen LogP contribution is -2.23. The number of amides is 1. The minimum Gasteiger partial charge on any atom is -0.497 e. The Labute approximate surface area is 164 Å². The summed E-state index contributed by atoms with van der Waals surface area (Å²) in [6.07, 6.45) is 7.72. The van der Waals surface area contributed by atoms with Crippen LogP contribution in [0, 0.1) is 0 Å². The zero-order valence-electron chi connectivity index (χ0n) is 16.0. The third-order valence-corrected chi connectivity index (χ3v) is 4.22. The summed E-state index contributed by atoms with van der Waals surface area (Å²) in [4.78, 5) is 12.1. The highest BCUT2D eigenvalue weighted by atomic mass is 16.5. The van der Waals surface area contributed by atoms with E-state index in [4.69, 9.17) is 9.47 Å². The molecule has 1 heterocycles. The van der Waals surface area contributed by atoms with Gasteiger partial charge in [-0.3, -0.25) is 4.79 Å². The molecule has 0 saturated heterocycles. The van der Waals surface area contributed by atoms with Crippen molar-refractivity contribution < 1.29 is 14.3 Å². The fourth-order valence-electron chi connectivity index (χ4n) is 2.72. The topological polar surface area (TPSA) is 65.4 Å². The van der Waals surface area contributed by atoms with Crippen molar-refractivity contribution in [2.75, 3.05) is 20.8 Å². The van der Waals surface area contributed by atoms with E-state index in [-0.39, 0.29) is 5.91 Å². The molecule has 0 fully saturated rings. The van der Waals surface area contributed by atoms with Gasteiger partial charge < -0.3 is 14.8 Å². The summed E-state index contributed by atoms with van der Waals surface area (Å²) in [5.74, 6) is 1.19. The molecule has 0 aliphatic heterocycles. The fraction of sp³-hybridized carbons (Fsp3) is 0.182. The molecule has 28 heavy (non-hydrogen) atoms. The Hall–Kier alpha value is -3.54. The molecule has 0 spiro atoms. The molecule has 6 nitrogen and oxygen atoms in total. The van der Waals surface area contributed by atoms with Crippen LogP contribution >= 0.6 is 0 Å². The Morgan fingerprint density at radius 2 is 1.96 bits per heavy atom. The SMILES string of the molecule is COc1ccc(/C=C/C(=O)NCCc2cnn(-c3ccccc3)c2)c(OC)c1. The molecule has 1 aromatic heterocycles. The van der Waals surface area contributed by atoms with Gasteiger partial charge in [0, 0.05) is 30.4 Å². The average Bonchev–Trinajstić information content (AvgIpc) is 3.21. The summed E-state index contributed by atoms with van der Waals surface area (Å²) in [6, 6.07) is 15.4. The van der Waals surface area contributed by atoms with Crippen molar-refractivity contribution in [2.24, 2.45) is 0 Å². The minimum absolute atomic E-state index is 0.159. The molecule has 0 radical (unpaired) electrons. The number of aromatic nitrogens is 2. The fourth-order valence-corrected chi connectivity index (χ4v) is 2.72. The molecule has 6 heteroatoms. The number of nitrogens with one attached hydrogen (secondary N) is 1. The van der Waals surface area contributed by atoms with Gasteiger partial charge in [-0.1, -0.05) is 18.2 Å². The first-order chi connectivity index (χ1) is 13.7. The molecule has 0 bridgehead atoms. The summed E-state index contributed by atoms with van der Waals surface area (Å²) in [6.45, 7) is 0.531. The predicted molar refractivity (Wildman–Crippen MR) is 109 cm³/mol. The van der Waals surface area contributed by atoms with Crippen molar-refractivity contribution >= 4 is 12.0 Å². The number of hydrogen-bond donors (Lipinski definition) is 1. The highest BCUT2D eigenvalue weighted by Gasteiger charge is 2.04. The lowest BCUT2D eigenvalue weighted by molar-refractivity contribution is -0.116. The van der Waals surface area contributed by atoms with E-state index in [0.29, 0.717) is 24.5 Å². The van der Waals surface area contributed by atoms with Gasteiger partial charge >= 0.3 is 0 Å². The molecule has 0 saturated carbocycles. The molecule has 0 aliphatic rings. The van der Waals surface area contributed by atoms with Gasteiger partial charge in [-0.15, -0.1) is 0 Å². The van der Waals surface area contributed by atoms with Gasteiger partial charge in [0.1, 0.15) is 11.5 Å². The average molecular weight is 377 g/mol. The zero-order valence-corrected chi connectivity index (χ0v) is 16.0. The summed E-state index contributed by atoms with van der Waals surface area (Å²) in [5, 5.41) is 7.24. The first kappa shape index (κ1) is 19.2. The highest BCUT2D eigenvalue weighted by molar-refractivity contribution is 5.92. The van der Waals surface area contributed by atoms with Crippen LogP contribution in [0.2, 0.25) is 0 Å². The number of benzene rings is 2. The van der Waals surface area contributed by atoms with E-state index >= 15 is 0 Å². The lowest BCUT2D eigenvalue weighted by atomic mass is 10.1. The number of methoxy groups -OCH3 is 2. The van der Waals surface area contributed by atoms with Gasteiger partial charge in [-0.2, -0.15) is 5.10 Å². The third-order valence-electron chi connectivity index (χ3n) is 4.22. The van der Waals surface area contributed by atoms with Crippen LogP contribution in [-0.4, -0.2) is 36.5 Å². The third kappa shape index (κ3) is 5.01. The number of hydrogen-bond acceptors (Lipinski definition) is 4. The zero-order chi connectivity index (χ0) is 19.8. The number of para-hydroxylation sites is 1. The van der Waals surface area contributed by atoms with Crippen LogP contribution in [0.15, 0.2) is 67.0 Å². The maximum absolute atomic E-state index is 12.1. The molecule has 3 rings (SSSR count). The highest BCUT2D eigenvalue weighted by Crippen LogP contribution is 2.25. The number of ether oxygens (including phenoxy) is 2. The monoisotopic (exact) mass is 377 g/mol. The predicted octanol–water partition coefficient (Wildman–Crippen LogP) is 3.26. The maximum atomic E-state index is 12.1. The molecule has 3 aromatic rings. The van der Waals surface area contributed by atoms with Crippen LogP contribution < -0.4 is 14.8 Å². The first-order valence-corrected chi connectivity index (χ1v) is 8.96. The van der Waals surface area contributed by atoms with Crippen LogP contribution in [0.5, 0.6) is 11.5 Å². The molecule has 0 aliphatic carbocycles. The van der Waals surface area contributed by atoms with Crippen LogP contribution in [0.25, 0.3) is 11.8 Å². The van der Waals surface area contributed by atoms with E-state index in [1.165, 1.54) is 6.08 Å². The number of carbonyl (C=O) groups excluding carboxylic acids is 1. The summed E-state index contributed by atoms with van der Waals surface area (Å²) in [7, 11) is 3.18. The van der Waals surface area contributed by atoms with Crippen LogP contribution in [0.4, 0.5) is 0 Å². The van der Waals surface area contributed by atoms with Gasteiger partial charge in [-0.25, -0.2) is 4.68 Å². The number of nitrogens with zero attached hydrogens (tertiary/aromatic N) is 2. The Kier molecular flexibility index (Phi) is 6.46. The second-order valence-corrected chi connectivity index (χ2v) is 6.11. The van der Waals surface area contributed by atoms with E-state index in [9.17, 15) is 4.79 Å². The number of rotatable bonds is 8. The second-order valence-electron chi connectivity index (χ2n) is 6.11. The summed E-state index contributed by atoms with van der Waals surface area (Å²) >= 11 is 0. The Morgan fingerprint density at radius 1 is 1.14 bits per heavy atom. The maximum Gasteiger partial charge on any atom is 0.244 e. The molecular weight excluding hydrogens is 354 g/mol. The molecule has 0 atom stereocenters. The van der Waals surface area contributed by atoms with Crippen molar-refractivity contribution in [1.82, 2.24) is 15.1 Å². The molecule has 1 N–H and O–H groups in total. The largest absolute Gasteiger partial charge is 0.497 e. The molecule has 0 unspecified atom stereocenters. The second kappa shape index (κ2) is 9.41. The molecule has 144 valence electrons. The quantitative estimate of drug-likeness (QED) is 0.612. The van der Waals surface area contributed by atoms with Crippen molar-refractivity contribution in [1.29, 1.82) is 0 Å². The van der Waals surface area contributed by atoms with Crippen LogP contribution in [-0.2, 0) is 11.2 Å². The van der Waals surface area contributed by atoms with Crippen molar-refractivity contribution in [3.05, 3.63) is 78.1 Å². The molecule has 1 amide bonds. The normalized spacial score (nSPS) is 10.8. The molecule has 2 aromatic carbocycles. The first-order valence-electron chi connectivity index (χ1n) is 8.96. The van der Waals surface area contributed by atoms with Gasteiger partial charge in [0.25, 0.3) is 0 Å². The Balaban J connectivity index is 1.51. The van der Waals surface area contributed by atoms with Crippen molar-refractivity contribution in [3.63, 3.8) is 0 Å². The van der Waals surface area contributed by atoms with Gasteiger partial charge in [0.15, 0.2) is 0 Å². The summed E-state index contributed by atoms with van der Waals surface area (Å²) in [5.41, 5.74) is 2.88. The van der Waals surface area contributed by atoms with E-state index in [1.807, 2.05) is 59.5 Å². The van der Waals surface area contributed by atoms with E-state index < -0.39 is 0 Å². The Bertz CT molecular complexity index is 949. The van der Waals surface area contributed by atoms with Gasteiger partial charge in [-0.05, 0) is 42.3 Å². The molecular formula is C22H23N3O3. The standard InChI is InChI=1S/C22H23N3O3/c1-27-20-10-8-18(21(14-20)28-2)9-11-22(26)23-13-12-17-15-24-25(16-17)19-6-4-3-5-7-19/h3-11,14-16H,12-13H2,1-2H3,(H,23,26)/b11-9+. The smallest absolute Gasteiger partial charge is 0.244 e. The minimum atomic E-state index is -0.159. The van der Waals surface area contributed by atoms with Crippen molar-refractivity contribution in [3.8, 4) is 17.2 Å². The summed E-state index contributed by atoms with van der Waals surface area (Å²) < 4.78 is 12.3. The Morgan fingerprint density at radius 3 is 2.71 bits per heavy atom. The van der Waals surface area contributed by atoms with E-state index in [1.54, 1.807) is 26.4 Å². The van der Waals surface area contributed by atoms with Gasteiger partial charge in [0.05, 0.1) is 26.1 Å². The van der Waals surface area contributed by atoms with Gasteiger partial charge in [0.2, 0.25) is 5.91 Å². The lowest BCUT2D eigenvalue weighted by Gasteiger charge is -2.07. The van der Waals surface area contributed by atoms with Crippen molar-refractivity contribution in [2.45, 2.75) is 6.42 Å². The van der Waals surface area contributed by atoms with E-state index in [0.717, 1.165) is 16.8 Å². The van der Waals surface area contributed by atoms with E-state index in [2.05, 4.69) is 10.4 Å². The number of carbonyl (C=O) groups is 1. The van der Waals surface area contributed by atoms with Crippen LogP contribution in [0.1, 0.15) is 11.1 Å². The van der Waals surface area contributed by atoms with Crippen LogP contribution in [0.3, 0.4) is 0 Å².